The third kappa shape index (κ3) is 8.86. The van der Waals surface area contributed by atoms with Gasteiger partial charge in [-0.25, -0.2) is 9.59 Å². The molecular weight excluding hydrogens is 700 g/mol. The van der Waals surface area contributed by atoms with E-state index in [1.165, 1.54) is 13.8 Å². The molecule has 18 heteroatoms. The number of para-hydroxylation sites is 2. The van der Waals surface area contributed by atoms with E-state index in [0.717, 1.165) is 0 Å². The molecule has 0 bridgehead atoms. The molecule has 0 aliphatic rings. The molecule has 2 aromatic heterocycles. The quantitative estimate of drug-likeness (QED) is 0.0482. The lowest BCUT2D eigenvalue weighted by Gasteiger charge is -2.12. The average Bonchev–Trinajstić information content (AvgIpc) is 3.70. The van der Waals surface area contributed by atoms with Gasteiger partial charge in [-0.3, -0.25) is 19.2 Å². The van der Waals surface area contributed by atoms with Crippen LogP contribution in [-0.4, -0.2) is 68.6 Å². The molecular formula is C36H32N10O8. The van der Waals surface area contributed by atoms with E-state index in [-0.39, 0.29) is 24.6 Å². The second kappa shape index (κ2) is 16.2. The standard InChI is InChI=1S/C36H32N10O8/c1-19(47)31(33(49)37-21-11-13-23-27(17-21)41-35(51)39-23)45-43-25-7-3-5-9-29(25)53-15-16-54-30-10-6-4-8-26(30)44-46-32(20(2)48)34(50)38-22-12-14-24-28(18-22)42-36(52)40-24/h3-14,17-18,31-32H,15-16H2,1-2H3,(H,37,49)(H,38,50)(H2,39,41,51)(H2,40,42,52)/t31-,32+. The van der Waals surface area contributed by atoms with Gasteiger partial charge in [-0.05, 0) is 74.5 Å². The molecule has 0 spiro atoms. The van der Waals surface area contributed by atoms with E-state index in [1.54, 1.807) is 84.9 Å². The highest BCUT2D eigenvalue weighted by molar-refractivity contribution is 6.11. The lowest BCUT2D eigenvalue weighted by molar-refractivity contribution is -0.127. The summed E-state index contributed by atoms with van der Waals surface area (Å²) in [6, 6.07) is 19.8. The number of nitrogens with one attached hydrogen (secondary N) is 6. The van der Waals surface area contributed by atoms with Crippen molar-refractivity contribution < 1.29 is 28.7 Å². The number of benzene rings is 4. The van der Waals surface area contributed by atoms with Crippen LogP contribution in [0.25, 0.3) is 22.1 Å². The van der Waals surface area contributed by atoms with Crippen molar-refractivity contribution in [3.05, 3.63) is 106 Å². The minimum Gasteiger partial charge on any atom is -0.488 e. The molecule has 0 radical (unpaired) electrons. The molecule has 54 heavy (non-hydrogen) atoms. The zero-order valence-electron chi connectivity index (χ0n) is 28.7. The monoisotopic (exact) mass is 732 g/mol. The first-order valence-electron chi connectivity index (χ1n) is 16.4. The Labute approximate surface area is 304 Å². The van der Waals surface area contributed by atoms with Crippen LogP contribution in [0.3, 0.4) is 0 Å². The molecule has 6 N–H and O–H groups in total. The summed E-state index contributed by atoms with van der Waals surface area (Å²) < 4.78 is 11.7. The fraction of sp³-hybridized carbons (Fsp3) is 0.167. The minimum absolute atomic E-state index is 0.0353. The van der Waals surface area contributed by atoms with E-state index in [4.69, 9.17) is 9.47 Å². The zero-order chi connectivity index (χ0) is 38.2. The highest BCUT2D eigenvalue weighted by Gasteiger charge is 2.25. The first-order valence-corrected chi connectivity index (χ1v) is 16.4. The van der Waals surface area contributed by atoms with E-state index < -0.39 is 46.8 Å². The van der Waals surface area contributed by atoms with E-state index in [1.807, 2.05) is 0 Å². The van der Waals surface area contributed by atoms with Crippen molar-refractivity contribution in [1.82, 2.24) is 19.9 Å². The summed E-state index contributed by atoms with van der Waals surface area (Å²) in [7, 11) is 0. The zero-order valence-corrected chi connectivity index (χ0v) is 28.7. The number of fused-ring (bicyclic) bond motifs is 2. The van der Waals surface area contributed by atoms with Crippen molar-refractivity contribution in [2.24, 2.45) is 20.5 Å². The van der Waals surface area contributed by atoms with Crippen LogP contribution in [-0.2, 0) is 19.2 Å². The number of anilines is 2. The molecule has 0 saturated carbocycles. The van der Waals surface area contributed by atoms with Gasteiger partial charge in [0.1, 0.15) is 36.1 Å². The van der Waals surface area contributed by atoms with E-state index in [9.17, 15) is 28.8 Å². The molecule has 6 rings (SSSR count). The van der Waals surface area contributed by atoms with E-state index in [2.05, 4.69) is 51.0 Å². The maximum Gasteiger partial charge on any atom is 0.323 e. The molecule has 4 aromatic carbocycles. The van der Waals surface area contributed by atoms with Crippen LogP contribution in [0, 0.1) is 0 Å². The molecule has 2 heterocycles. The van der Waals surface area contributed by atoms with Gasteiger partial charge in [0.15, 0.2) is 11.6 Å². The molecule has 0 saturated heterocycles. The number of aromatic nitrogens is 4. The SMILES string of the molecule is CC(=O)[C@@H](N=Nc1ccccc1OCCOc1ccccc1N=N[C@@H](C(C)=O)C(=O)Nc1ccc2[nH]c(=O)[nH]c2c1)C(=O)Nc1ccc2[nH]c(=O)[nH]c2c1. The number of rotatable bonds is 15. The molecule has 0 fully saturated rings. The maximum absolute atomic E-state index is 13.0. The summed E-state index contributed by atoms with van der Waals surface area (Å²) in [5, 5.41) is 21.5. The summed E-state index contributed by atoms with van der Waals surface area (Å²) in [6.45, 7) is 2.51. The van der Waals surface area contributed by atoms with Gasteiger partial charge in [-0.1, -0.05) is 24.3 Å². The fourth-order valence-electron chi connectivity index (χ4n) is 5.15. The summed E-state index contributed by atoms with van der Waals surface area (Å²) in [5.74, 6) is -1.90. The number of imidazole rings is 2. The Morgan fingerprint density at radius 3 is 1.37 bits per heavy atom. The number of Topliss-reactive ketones (excluding diaryl/α,β-unsaturated/α-hetero) is 2. The Kier molecular flexibility index (Phi) is 10.9. The molecule has 18 nitrogen and oxygen atoms in total. The van der Waals surface area contributed by atoms with Gasteiger partial charge < -0.3 is 40.0 Å². The number of aromatic amines is 4. The minimum atomic E-state index is -1.46. The Bertz CT molecular complexity index is 2370. The number of H-pyrrole nitrogens is 4. The maximum atomic E-state index is 13.0. The summed E-state index contributed by atoms with van der Waals surface area (Å²) in [4.78, 5) is 84.2. The van der Waals surface area contributed by atoms with Crippen molar-refractivity contribution in [2.75, 3.05) is 23.8 Å². The normalized spacial score (nSPS) is 12.6. The molecule has 0 unspecified atom stereocenters. The third-order valence-electron chi connectivity index (χ3n) is 7.72. The number of hydrogen-bond acceptors (Lipinski definition) is 12. The summed E-state index contributed by atoms with van der Waals surface area (Å²) >= 11 is 0. The van der Waals surface area contributed by atoms with Crippen molar-refractivity contribution >= 4 is 68.2 Å². The number of azo groups is 2. The van der Waals surface area contributed by atoms with Crippen LogP contribution >= 0.6 is 0 Å². The predicted octanol–water partition coefficient (Wildman–Crippen LogP) is 4.84. The molecule has 0 aliphatic carbocycles. The van der Waals surface area contributed by atoms with Crippen molar-refractivity contribution in [3.63, 3.8) is 0 Å². The Hall–Kier alpha value is -7.50. The second-order valence-corrected chi connectivity index (χ2v) is 11.7. The predicted molar refractivity (Wildman–Crippen MR) is 197 cm³/mol. The summed E-state index contributed by atoms with van der Waals surface area (Å²) in [5.41, 5.74) is 2.50. The van der Waals surface area contributed by atoms with Crippen LogP contribution in [0.4, 0.5) is 22.7 Å². The van der Waals surface area contributed by atoms with E-state index >= 15 is 0 Å². The molecule has 6 aromatic rings. The Morgan fingerprint density at radius 1 is 0.574 bits per heavy atom. The van der Waals surface area contributed by atoms with Crippen LogP contribution in [0.15, 0.2) is 115 Å². The number of carbonyl (C=O) groups is 4. The van der Waals surface area contributed by atoms with Gasteiger partial charge in [0.25, 0.3) is 11.8 Å². The Balaban J connectivity index is 1.06. The van der Waals surface area contributed by atoms with Gasteiger partial charge in [0.05, 0.1) is 22.1 Å². The van der Waals surface area contributed by atoms with Crippen molar-refractivity contribution in [1.29, 1.82) is 0 Å². The number of nitrogens with zero attached hydrogens (tertiary/aromatic N) is 4. The third-order valence-corrected chi connectivity index (χ3v) is 7.72. The van der Waals surface area contributed by atoms with Gasteiger partial charge >= 0.3 is 11.4 Å². The van der Waals surface area contributed by atoms with Crippen LogP contribution in [0.1, 0.15) is 13.8 Å². The number of carbonyl (C=O) groups excluding carboxylic acids is 4. The first-order chi connectivity index (χ1) is 26.0. The molecule has 2 amide bonds. The smallest absolute Gasteiger partial charge is 0.323 e. The lowest BCUT2D eigenvalue weighted by atomic mass is 10.2. The largest absolute Gasteiger partial charge is 0.488 e. The van der Waals surface area contributed by atoms with Crippen LogP contribution in [0.5, 0.6) is 11.5 Å². The second-order valence-electron chi connectivity index (χ2n) is 11.7. The number of ketones is 2. The highest BCUT2D eigenvalue weighted by atomic mass is 16.5. The molecule has 274 valence electrons. The van der Waals surface area contributed by atoms with Gasteiger partial charge in [-0.2, -0.15) is 20.5 Å². The molecule has 0 aliphatic heterocycles. The summed E-state index contributed by atoms with van der Waals surface area (Å²) in [6.07, 6.45) is 0. The number of amides is 2. The molecule has 2 atom stereocenters. The Morgan fingerprint density at radius 2 is 0.963 bits per heavy atom. The average molecular weight is 733 g/mol. The van der Waals surface area contributed by atoms with E-state index in [0.29, 0.717) is 44.9 Å². The van der Waals surface area contributed by atoms with Gasteiger partial charge in [0, 0.05) is 11.4 Å². The van der Waals surface area contributed by atoms with Crippen molar-refractivity contribution in [2.45, 2.75) is 25.9 Å². The van der Waals surface area contributed by atoms with Gasteiger partial charge in [0.2, 0.25) is 12.1 Å². The number of hydrogen-bond donors (Lipinski definition) is 6. The highest BCUT2D eigenvalue weighted by Crippen LogP contribution is 2.30. The van der Waals surface area contributed by atoms with Crippen LogP contribution < -0.4 is 31.5 Å². The number of ether oxygens (including phenoxy) is 2. The first kappa shape index (κ1) is 36.3. The van der Waals surface area contributed by atoms with Crippen molar-refractivity contribution in [3.8, 4) is 11.5 Å². The van der Waals surface area contributed by atoms with Gasteiger partial charge in [-0.15, -0.1) is 0 Å². The fourth-order valence-corrected chi connectivity index (χ4v) is 5.15. The van der Waals surface area contributed by atoms with Crippen LogP contribution in [0.2, 0.25) is 0 Å². The topological polar surface area (TPSA) is 258 Å². The lowest BCUT2D eigenvalue weighted by Crippen LogP contribution is -2.31.